The van der Waals surface area contributed by atoms with Crippen molar-refractivity contribution in [2.45, 2.75) is 19.8 Å². The number of ether oxygens (including phenoxy) is 1. The van der Waals surface area contributed by atoms with Crippen molar-refractivity contribution in [1.29, 1.82) is 0 Å². The summed E-state index contributed by atoms with van der Waals surface area (Å²) in [6.45, 7) is 2.82. The number of pyridine rings is 1. The van der Waals surface area contributed by atoms with E-state index in [-0.39, 0.29) is 0 Å². The van der Waals surface area contributed by atoms with Gasteiger partial charge in [0.1, 0.15) is 5.75 Å². The standard InChI is InChI=1S/C17H20N4O2/c1-2-3-12-23-16-6-4-15(5-7-16)20-17(22)21-19-13-14-8-10-18-11-9-14/h4-11,13H,2-3,12H2,1H3,(H2,20,21,22)/b19-13+. The van der Waals surface area contributed by atoms with Crippen LogP contribution < -0.4 is 15.5 Å². The molecule has 0 spiro atoms. The van der Waals surface area contributed by atoms with Gasteiger partial charge in [0.05, 0.1) is 12.8 Å². The number of nitrogens with zero attached hydrogens (tertiary/aromatic N) is 2. The minimum Gasteiger partial charge on any atom is -0.494 e. The van der Waals surface area contributed by atoms with E-state index in [0.717, 1.165) is 24.2 Å². The topological polar surface area (TPSA) is 75.6 Å². The van der Waals surface area contributed by atoms with Crippen molar-refractivity contribution >= 4 is 17.9 Å². The summed E-state index contributed by atoms with van der Waals surface area (Å²) in [5, 5.41) is 6.56. The smallest absolute Gasteiger partial charge is 0.339 e. The fraction of sp³-hybridized carbons (Fsp3) is 0.235. The average molecular weight is 312 g/mol. The number of hydrogen-bond donors (Lipinski definition) is 2. The van der Waals surface area contributed by atoms with Crippen LogP contribution >= 0.6 is 0 Å². The first-order chi connectivity index (χ1) is 11.3. The number of anilines is 1. The molecule has 0 atom stereocenters. The van der Waals surface area contributed by atoms with Crippen molar-refractivity contribution in [2.24, 2.45) is 5.10 Å². The van der Waals surface area contributed by atoms with Crippen LogP contribution in [0.2, 0.25) is 0 Å². The van der Waals surface area contributed by atoms with Gasteiger partial charge in [0.15, 0.2) is 0 Å². The van der Waals surface area contributed by atoms with Crippen molar-refractivity contribution in [1.82, 2.24) is 10.4 Å². The molecule has 23 heavy (non-hydrogen) atoms. The third-order valence-electron chi connectivity index (χ3n) is 2.96. The van der Waals surface area contributed by atoms with Gasteiger partial charge in [-0.05, 0) is 48.4 Å². The largest absolute Gasteiger partial charge is 0.494 e. The van der Waals surface area contributed by atoms with Crippen molar-refractivity contribution < 1.29 is 9.53 Å². The van der Waals surface area contributed by atoms with Crippen molar-refractivity contribution in [3.05, 3.63) is 54.4 Å². The van der Waals surface area contributed by atoms with Crippen molar-refractivity contribution in [3.63, 3.8) is 0 Å². The molecule has 0 saturated carbocycles. The van der Waals surface area contributed by atoms with E-state index >= 15 is 0 Å². The van der Waals surface area contributed by atoms with E-state index in [2.05, 4.69) is 27.8 Å². The zero-order valence-electron chi connectivity index (χ0n) is 13.0. The molecule has 2 N–H and O–H groups in total. The van der Waals surface area contributed by atoms with Gasteiger partial charge in [-0.1, -0.05) is 13.3 Å². The van der Waals surface area contributed by atoms with Crippen molar-refractivity contribution in [3.8, 4) is 5.75 Å². The molecule has 0 aliphatic heterocycles. The highest BCUT2D eigenvalue weighted by Crippen LogP contribution is 2.15. The van der Waals surface area contributed by atoms with Gasteiger partial charge in [-0.15, -0.1) is 0 Å². The monoisotopic (exact) mass is 312 g/mol. The van der Waals surface area contributed by atoms with Gasteiger partial charge < -0.3 is 10.1 Å². The predicted molar refractivity (Wildman–Crippen MR) is 90.8 cm³/mol. The van der Waals surface area contributed by atoms with Crippen LogP contribution in [0.5, 0.6) is 5.75 Å². The van der Waals surface area contributed by atoms with E-state index in [1.165, 1.54) is 0 Å². The zero-order chi connectivity index (χ0) is 16.3. The normalized spacial score (nSPS) is 10.5. The molecule has 0 fully saturated rings. The van der Waals surface area contributed by atoms with Gasteiger partial charge in [0.2, 0.25) is 0 Å². The van der Waals surface area contributed by atoms with E-state index in [9.17, 15) is 4.79 Å². The van der Waals surface area contributed by atoms with E-state index < -0.39 is 6.03 Å². The highest BCUT2D eigenvalue weighted by molar-refractivity contribution is 5.90. The minimum atomic E-state index is -0.407. The van der Waals surface area contributed by atoms with Gasteiger partial charge in [-0.2, -0.15) is 5.10 Å². The number of carbonyl (C=O) groups excluding carboxylic acids is 1. The molecule has 1 aromatic carbocycles. The molecular formula is C17H20N4O2. The number of unbranched alkanes of at least 4 members (excludes halogenated alkanes) is 1. The van der Waals surface area contributed by atoms with Crippen LogP contribution in [-0.2, 0) is 0 Å². The van der Waals surface area contributed by atoms with Crippen LogP contribution in [0.1, 0.15) is 25.3 Å². The lowest BCUT2D eigenvalue weighted by atomic mass is 10.3. The predicted octanol–water partition coefficient (Wildman–Crippen LogP) is 3.42. The maximum absolute atomic E-state index is 11.7. The summed E-state index contributed by atoms with van der Waals surface area (Å²) in [4.78, 5) is 15.6. The second kappa shape index (κ2) is 9.19. The Morgan fingerprint density at radius 2 is 1.96 bits per heavy atom. The lowest BCUT2D eigenvalue weighted by Crippen LogP contribution is -2.24. The quantitative estimate of drug-likeness (QED) is 0.467. The number of urea groups is 1. The summed E-state index contributed by atoms with van der Waals surface area (Å²) in [7, 11) is 0. The second-order valence-electron chi connectivity index (χ2n) is 4.83. The third kappa shape index (κ3) is 6.17. The van der Waals surface area contributed by atoms with Crippen LogP contribution in [0.3, 0.4) is 0 Å². The van der Waals surface area contributed by atoms with Crippen LogP contribution in [0, 0.1) is 0 Å². The lowest BCUT2D eigenvalue weighted by Gasteiger charge is -2.07. The molecule has 1 heterocycles. The molecule has 1 aromatic heterocycles. The Bertz CT molecular complexity index is 627. The Kier molecular flexibility index (Phi) is 6.59. The number of hydrazone groups is 1. The van der Waals surface area contributed by atoms with Crippen LogP contribution in [0.25, 0.3) is 0 Å². The number of nitrogens with one attached hydrogen (secondary N) is 2. The van der Waals surface area contributed by atoms with Gasteiger partial charge in [-0.25, -0.2) is 10.2 Å². The molecule has 2 rings (SSSR count). The first-order valence-electron chi connectivity index (χ1n) is 7.51. The molecule has 6 nitrogen and oxygen atoms in total. The fourth-order valence-electron chi connectivity index (χ4n) is 1.74. The summed E-state index contributed by atoms with van der Waals surface area (Å²) in [6.07, 6.45) is 6.99. The number of carbonyl (C=O) groups is 1. The number of hydrogen-bond acceptors (Lipinski definition) is 4. The van der Waals surface area contributed by atoms with E-state index in [4.69, 9.17) is 4.74 Å². The van der Waals surface area contributed by atoms with E-state index in [1.807, 2.05) is 12.1 Å². The van der Waals surface area contributed by atoms with E-state index in [0.29, 0.717) is 12.3 Å². The van der Waals surface area contributed by atoms with Crippen LogP contribution in [-0.4, -0.2) is 23.8 Å². The molecule has 0 bridgehead atoms. The Morgan fingerprint density at radius 3 is 2.65 bits per heavy atom. The zero-order valence-corrected chi connectivity index (χ0v) is 13.0. The summed E-state index contributed by atoms with van der Waals surface area (Å²) < 4.78 is 5.56. The molecule has 0 aliphatic carbocycles. The highest BCUT2D eigenvalue weighted by atomic mass is 16.5. The summed E-state index contributed by atoms with van der Waals surface area (Å²) in [5.74, 6) is 0.792. The Hall–Kier alpha value is -2.89. The number of amides is 2. The van der Waals surface area contributed by atoms with Crippen LogP contribution in [0.4, 0.5) is 10.5 Å². The Labute approximate surface area is 135 Å². The lowest BCUT2D eigenvalue weighted by molar-refractivity contribution is 0.252. The van der Waals surface area contributed by atoms with Gasteiger partial charge in [-0.3, -0.25) is 4.98 Å². The molecule has 6 heteroatoms. The minimum absolute atomic E-state index is 0.407. The van der Waals surface area contributed by atoms with E-state index in [1.54, 1.807) is 42.9 Å². The summed E-state index contributed by atoms with van der Waals surface area (Å²) in [5.41, 5.74) is 3.93. The SMILES string of the molecule is CCCCOc1ccc(NC(=O)N/N=C/c2ccncc2)cc1. The molecule has 0 saturated heterocycles. The van der Waals surface area contributed by atoms with Gasteiger partial charge in [0, 0.05) is 18.1 Å². The Morgan fingerprint density at radius 1 is 1.22 bits per heavy atom. The fourth-order valence-corrected chi connectivity index (χ4v) is 1.74. The molecule has 0 radical (unpaired) electrons. The molecular weight excluding hydrogens is 292 g/mol. The Balaban J connectivity index is 1.77. The van der Waals surface area contributed by atoms with Gasteiger partial charge in [0.25, 0.3) is 0 Å². The van der Waals surface area contributed by atoms with Gasteiger partial charge >= 0.3 is 6.03 Å². The maximum atomic E-state index is 11.7. The molecule has 120 valence electrons. The number of benzene rings is 1. The molecule has 0 unspecified atom stereocenters. The number of rotatable bonds is 7. The third-order valence-corrected chi connectivity index (χ3v) is 2.96. The highest BCUT2D eigenvalue weighted by Gasteiger charge is 2.00. The van der Waals surface area contributed by atoms with Crippen molar-refractivity contribution in [2.75, 3.05) is 11.9 Å². The summed E-state index contributed by atoms with van der Waals surface area (Å²) in [6, 6.07) is 10.4. The molecule has 0 aliphatic rings. The first kappa shape index (κ1) is 16.5. The van der Waals surface area contributed by atoms with Crippen LogP contribution in [0.15, 0.2) is 53.9 Å². The first-order valence-corrected chi connectivity index (χ1v) is 7.51. The number of aromatic nitrogens is 1. The average Bonchev–Trinajstić information content (AvgIpc) is 2.58. The maximum Gasteiger partial charge on any atom is 0.339 e. The summed E-state index contributed by atoms with van der Waals surface area (Å²) >= 11 is 0. The molecule has 2 aromatic rings. The molecule has 2 amide bonds. The second-order valence-corrected chi connectivity index (χ2v) is 4.83.